The summed E-state index contributed by atoms with van der Waals surface area (Å²) in [5.74, 6) is 0.891. The Morgan fingerprint density at radius 3 is 2.51 bits per heavy atom. The molecule has 1 heterocycles. The number of carboxylic acids is 1. The summed E-state index contributed by atoms with van der Waals surface area (Å²) in [6.45, 7) is 16.4. The van der Waals surface area contributed by atoms with Crippen molar-refractivity contribution in [2.24, 2.45) is 35.0 Å². The van der Waals surface area contributed by atoms with Gasteiger partial charge in [-0.2, -0.15) is 0 Å². The van der Waals surface area contributed by atoms with Gasteiger partial charge in [-0.3, -0.25) is 14.4 Å². The van der Waals surface area contributed by atoms with E-state index in [4.69, 9.17) is 19.3 Å². The monoisotopic (exact) mass is 654 g/mol. The van der Waals surface area contributed by atoms with Crippen LogP contribution in [0, 0.1) is 48.9 Å². The second-order valence-electron chi connectivity index (χ2n) is 14.8. The van der Waals surface area contributed by atoms with Crippen LogP contribution in [0.15, 0.2) is 42.0 Å². The molecule has 8 heteroatoms. The first-order chi connectivity index (χ1) is 22.1. The van der Waals surface area contributed by atoms with Gasteiger partial charge in [0.25, 0.3) is 0 Å². The van der Waals surface area contributed by atoms with Crippen LogP contribution in [0.1, 0.15) is 104 Å². The van der Waals surface area contributed by atoms with Crippen molar-refractivity contribution in [2.45, 2.75) is 125 Å². The number of esters is 2. The van der Waals surface area contributed by atoms with Crippen molar-refractivity contribution in [3.63, 3.8) is 0 Å². The van der Waals surface area contributed by atoms with E-state index >= 15 is 0 Å². The third-order valence-corrected chi connectivity index (χ3v) is 10.1. The molecule has 8 atom stereocenters. The molecule has 2 aliphatic carbocycles. The number of carbonyl (C=O) groups excluding carboxylic acids is 2. The number of aliphatic hydroxyl groups is 1. The van der Waals surface area contributed by atoms with Crippen LogP contribution < -0.4 is 4.74 Å². The van der Waals surface area contributed by atoms with Crippen molar-refractivity contribution in [1.29, 1.82) is 0 Å². The quantitative estimate of drug-likeness (QED) is 0.173. The molecule has 8 nitrogen and oxygen atoms in total. The van der Waals surface area contributed by atoms with E-state index < -0.39 is 17.5 Å². The first-order valence-corrected chi connectivity index (χ1v) is 17.5. The number of hydrogen-bond donors (Lipinski definition) is 2. The lowest BCUT2D eigenvalue weighted by molar-refractivity contribution is -0.162. The van der Waals surface area contributed by atoms with Crippen LogP contribution in [-0.4, -0.2) is 53.0 Å². The third kappa shape index (κ3) is 11.2. The van der Waals surface area contributed by atoms with Crippen LogP contribution in [0.2, 0.25) is 0 Å². The summed E-state index contributed by atoms with van der Waals surface area (Å²) < 4.78 is 17.2. The Morgan fingerprint density at radius 1 is 1.13 bits per heavy atom. The smallest absolute Gasteiger partial charge is 0.309 e. The van der Waals surface area contributed by atoms with Crippen molar-refractivity contribution in [1.82, 2.24) is 0 Å². The van der Waals surface area contributed by atoms with Crippen molar-refractivity contribution < 1.29 is 38.8 Å². The highest BCUT2D eigenvalue weighted by molar-refractivity contribution is 5.73. The number of aliphatic carboxylic acids is 1. The predicted molar refractivity (Wildman–Crippen MR) is 183 cm³/mol. The molecule has 1 aromatic rings. The SMILES string of the molecule is CC[C@H](C)C(=O)O[C@H]1C[C@@H](C)C=C2C=C[C@H](C)[C@H](CC[C@@H]3C[C@@H](O)CC(=O)O3)[C@H]21.Cc1ccc(C)c(OCCCC(C)(C)C(=O)O)c1. The number of aryl methyl sites for hydroxylation is 2. The molecule has 1 aliphatic heterocycles. The number of benzene rings is 1. The Bertz CT molecular complexity index is 1280. The Morgan fingerprint density at radius 2 is 1.85 bits per heavy atom. The normalized spacial score (nSPS) is 27.7. The summed E-state index contributed by atoms with van der Waals surface area (Å²) in [6.07, 6.45) is 11.1. The molecule has 1 aromatic carbocycles. The number of ether oxygens (including phenoxy) is 3. The molecule has 0 amide bonds. The van der Waals surface area contributed by atoms with Crippen molar-refractivity contribution >= 4 is 17.9 Å². The summed E-state index contributed by atoms with van der Waals surface area (Å²) in [5, 5.41) is 18.9. The van der Waals surface area contributed by atoms with Gasteiger partial charge in [-0.05, 0) is 107 Å². The maximum Gasteiger partial charge on any atom is 0.309 e. The number of rotatable bonds is 12. The Balaban J connectivity index is 0.000000287. The van der Waals surface area contributed by atoms with Crippen molar-refractivity contribution in [2.75, 3.05) is 6.61 Å². The minimum absolute atomic E-state index is 0.0854. The van der Waals surface area contributed by atoms with Gasteiger partial charge in [-0.15, -0.1) is 0 Å². The van der Waals surface area contributed by atoms with Crippen LogP contribution in [-0.2, 0) is 23.9 Å². The molecule has 0 spiro atoms. The minimum Gasteiger partial charge on any atom is -0.493 e. The highest BCUT2D eigenvalue weighted by Gasteiger charge is 2.42. The van der Waals surface area contributed by atoms with Gasteiger partial charge < -0.3 is 24.4 Å². The number of allylic oxidation sites excluding steroid dienone is 3. The van der Waals surface area contributed by atoms with Crippen LogP contribution in [0.25, 0.3) is 0 Å². The summed E-state index contributed by atoms with van der Waals surface area (Å²) in [7, 11) is 0. The van der Waals surface area contributed by atoms with Gasteiger partial charge in [0.05, 0.1) is 30.5 Å². The van der Waals surface area contributed by atoms with Gasteiger partial charge in [0.15, 0.2) is 0 Å². The number of hydrogen-bond acceptors (Lipinski definition) is 7. The highest BCUT2D eigenvalue weighted by Crippen LogP contribution is 2.45. The van der Waals surface area contributed by atoms with Gasteiger partial charge in [0, 0.05) is 12.3 Å². The molecule has 0 aromatic heterocycles. The molecular formula is C39H58O8. The van der Waals surface area contributed by atoms with Gasteiger partial charge in [-0.25, -0.2) is 0 Å². The first kappa shape index (κ1) is 38.3. The molecule has 1 saturated heterocycles. The van der Waals surface area contributed by atoms with E-state index in [1.54, 1.807) is 13.8 Å². The molecule has 262 valence electrons. The molecule has 0 unspecified atom stereocenters. The van der Waals surface area contributed by atoms with Gasteiger partial charge in [0.1, 0.15) is 18.0 Å². The summed E-state index contributed by atoms with van der Waals surface area (Å²) >= 11 is 0. The molecule has 0 bridgehead atoms. The molecule has 1 fully saturated rings. The van der Waals surface area contributed by atoms with E-state index in [-0.39, 0.29) is 42.4 Å². The zero-order chi connectivity index (χ0) is 34.9. The van der Waals surface area contributed by atoms with E-state index in [9.17, 15) is 19.5 Å². The number of fused-ring (bicyclic) bond motifs is 1. The average Bonchev–Trinajstić information content (AvgIpc) is 2.99. The Hall–Kier alpha value is -3.13. The van der Waals surface area contributed by atoms with Crippen LogP contribution >= 0.6 is 0 Å². The number of carbonyl (C=O) groups is 3. The second kappa shape index (κ2) is 17.3. The number of carboxylic acid groups (broad SMARTS) is 1. The zero-order valence-corrected chi connectivity index (χ0v) is 29.8. The number of aliphatic hydroxyl groups excluding tert-OH is 1. The Kier molecular flexibility index (Phi) is 14.1. The molecule has 3 aliphatic rings. The van der Waals surface area contributed by atoms with E-state index in [2.05, 4.69) is 38.1 Å². The maximum absolute atomic E-state index is 12.5. The highest BCUT2D eigenvalue weighted by atomic mass is 16.6. The second-order valence-corrected chi connectivity index (χ2v) is 14.8. The average molecular weight is 655 g/mol. The van der Waals surface area contributed by atoms with E-state index in [0.717, 1.165) is 43.4 Å². The van der Waals surface area contributed by atoms with Gasteiger partial charge in [-0.1, -0.05) is 58.1 Å². The molecule has 2 N–H and O–H groups in total. The third-order valence-electron chi connectivity index (χ3n) is 10.1. The van der Waals surface area contributed by atoms with Gasteiger partial charge >= 0.3 is 17.9 Å². The lowest BCUT2D eigenvalue weighted by Gasteiger charge is -2.43. The Labute approximate surface area is 281 Å². The predicted octanol–water partition coefficient (Wildman–Crippen LogP) is 7.77. The maximum atomic E-state index is 12.5. The lowest BCUT2D eigenvalue weighted by Crippen LogP contribution is -2.42. The molecular weight excluding hydrogens is 596 g/mol. The molecule has 4 rings (SSSR count). The summed E-state index contributed by atoms with van der Waals surface area (Å²) in [5.41, 5.74) is 2.87. The zero-order valence-electron chi connectivity index (χ0n) is 29.8. The van der Waals surface area contributed by atoms with Crippen molar-refractivity contribution in [3.8, 4) is 5.75 Å². The standard InChI is InChI=1S/C24H36O5.C15H22O3/c1-5-15(3)24(27)29-21-11-14(2)10-17-7-6-16(4)20(23(17)21)9-8-19-12-18(25)13-22(26)28-19;1-11-6-7-12(2)13(10-11)18-9-5-8-15(3,4)14(16)17/h6-7,10,14-16,18-21,23,25H,5,8-9,11-13H2,1-4H3;6-7,10H,5,8-9H2,1-4H3,(H,16,17)/t14-,15-,16-,18+,19+,20-,21-,23-;/m0./s1. The van der Waals surface area contributed by atoms with E-state index in [0.29, 0.717) is 37.2 Å². The fourth-order valence-corrected chi connectivity index (χ4v) is 6.74. The van der Waals surface area contributed by atoms with E-state index in [1.165, 1.54) is 11.1 Å². The van der Waals surface area contributed by atoms with Crippen molar-refractivity contribution in [3.05, 3.63) is 53.1 Å². The number of cyclic esters (lactones) is 1. The summed E-state index contributed by atoms with van der Waals surface area (Å²) in [4.78, 5) is 35.2. The largest absolute Gasteiger partial charge is 0.493 e. The van der Waals surface area contributed by atoms with Crippen LogP contribution in [0.4, 0.5) is 0 Å². The van der Waals surface area contributed by atoms with E-state index in [1.807, 2.05) is 39.8 Å². The van der Waals surface area contributed by atoms with Crippen LogP contribution in [0.3, 0.4) is 0 Å². The first-order valence-electron chi connectivity index (χ1n) is 17.5. The minimum atomic E-state index is -0.755. The fourth-order valence-electron chi connectivity index (χ4n) is 6.74. The lowest BCUT2D eigenvalue weighted by atomic mass is 9.65. The van der Waals surface area contributed by atoms with Gasteiger partial charge in [0.2, 0.25) is 0 Å². The fraction of sp³-hybridized carbons (Fsp3) is 0.667. The molecule has 0 saturated carbocycles. The molecule has 47 heavy (non-hydrogen) atoms. The summed E-state index contributed by atoms with van der Waals surface area (Å²) in [6, 6.07) is 6.10. The molecule has 0 radical (unpaired) electrons. The van der Waals surface area contributed by atoms with Crippen LogP contribution in [0.5, 0.6) is 5.75 Å². The topological polar surface area (TPSA) is 119 Å².